The Morgan fingerprint density at radius 2 is 1.72 bits per heavy atom. The lowest BCUT2D eigenvalue weighted by molar-refractivity contribution is 0.0806. The van der Waals surface area contributed by atoms with Crippen LogP contribution in [0.2, 0.25) is 0 Å². The van der Waals surface area contributed by atoms with Gasteiger partial charge in [-0.05, 0) is 51.0 Å². The number of rotatable bonds is 4. The van der Waals surface area contributed by atoms with Crippen LogP contribution in [-0.4, -0.2) is 62.4 Å². The minimum atomic E-state index is -0.134. The molecule has 3 rings (SSSR count). The number of carbonyl (C=O) groups excluding carboxylic acids is 1. The Hall–Kier alpha value is -1.79. The summed E-state index contributed by atoms with van der Waals surface area (Å²) in [5, 5.41) is 5.94. The minimum absolute atomic E-state index is 0.134. The molecule has 2 N–H and O–H groups in total. The molecule has 0 atom stereocenters. The second kappa shape index (κ2) is 8.54. The average Bonchev–Trinajstić information content (AvgIpc) is 2.63. The van der Waals surface area contributed by atoms with Gasteiger partial charge in [-0.1, -0.05) is 0 Å². The number of piperazine rings is 1. The van der Waals surface area contributed by atoms with Gasteiger partial charge in [-0.2, -0.15) is 0 Å². The predicted molar refractivity (Wildman–Crippen MR) is 101 cm³/mol. The number of nitrogens with one attached hydrogen (secondary N) is 2. The maximum Gasteiger partial charge on any atom is 0.319 e. The first kappa shape index (κ1) is 18.0. The van der Waals surface area contributed by atoms with E-state index in [0.29, 0.717) is 6.04 Å². The van der Waals surface area contributed by atoms with Crippen molar-refractivity contribution in [3.05, 3.63) is 24.3 Å². The number of hydrogen-bond acceptors (Lipinski definition) is 4. The average molecular weight is 346 g/mol. The second-order valence-corrected chi connectivity index (χ2v) is 7.15. The number of ether oxygens (including phenoxy) is 1. The Balaban J connectivity index is 1.48. The van der Waals surface area contributed by atoms with E-state index in [4.69, 9.17) is 4.74 Å². The summed E-state index contributed by atoms with van der Waals surface area (Å²) in [6.07, 6.45) is 1.77. The maximum absolute atomic E-state index is 12.1. The van der Waals surface area contributed by atoms with E-state index in [1.54, 1.807) is 0 Å². The maximum atomic E-state index is 12.1. The van der Waals surface area contributed by atoms with E-state index in [1.807, 2.05) is 12.1 Å². The van der Waals surface area contributed by atoms with Crippen LogP contribution in [-0.2, 0) is 4.74 Å². The third kappa shape index (κ3) is 5.09. The number of carbonyl (C=O) groups is 1. The molecule has 25 heavy (non-hydrogen) atoms. The fourth-order valence-electron chi connectivity index (χ4n) is 3.45. The van der Waals surface area contributed by atoms with Crippen molar-refractivity contribution in [2.45, 2.75) is 38.8 Å². The lowest BCUT2D eigenvalue weighted by Crippen LogP contribution is -2.48. The standard InChI is InChI=1S/C19H30N4O2/c1-15(2)22-9-11-23(12-10-22)18-5-3-16(4-6-18)20-19(24)21-17-7-13-25-14-8-17/h3-6,15,17H,7-14H2,1-2H3,(H2,20,21,24). The van der Waals surface area contributed by atoms with Crippen molar-refractivity contribution in [1.29, 1.82) is 0 Å². The fraction of sp³-hybridized carbons (Fsp3) is 0.632. The van der Waals surface area contributed by atoms with Crippen molar-refractivity contribution < 1.29 is 9.53 Å². The van der Waals surface area contributed by atoms with Crippen molar-refractivity contribution in [3.63, 3.8) is 0 Å². The van der Waals surface area contributed by atoms with E-state index in [9.17, 15) is 4.79 Å². The van der Waals surface area contributed by atoms with Crippen molar-refractivity contribution >= 4 is 17.4 Å². The topological polar surface area (TPSA) is 56.8 Å². The molecule has 6 heteroatoms. The van der Waals surface area contributed by atoms with Crippen LogP contribution in [0.1, 0.15) is 26.7 Å². The predicted octanol–water partition coefficient (Wildman–Crippen LogP) is 2.52. The third-order valence-corrected chi connectivity index (χ3v) is 5.09. The summed E-state index contributed by atoms with van der Waals surface area (Å²) in [5.74, 6) is 0. The Kier molecular flexibility index (Phi) is 6.15. The van der Waals surface area contributed by atoms with Gasteiger partial charge in [-0.25, -0.2) is 4.79 Å². The summed E-state index contributed by atoms with van der Waals surface area (Å²) >= 11 is 0. The number of amides is 2. The lowest BCUT2D eigenvalue weighted by Gasteiger charge is -2.38. The zero-order valence-electron chi connectivity index (χ0n) is 15.3. The molecule has 1 aromatic carbocycles. The highest BCUT2D eigenvalue weighted by atomic mass is 16.5. The molecule has 6 nitrogen and oxygen atoms in total. The molecule has 0 aliphatic carbocycles. The second-order valence-electron chi connectivity index (χ2n) is 7.15. The van der Waals surface area contributed by atoms with E-state index < -0.39 is 0 Å². The van der Waals surface area contributed by atoms with Gasteiger partial charge >= 0.3 is 6.03 Å². The summed E-state index contributed by atoms with van der Waals surface area (Å²) in [6, 6.07) is 8.84. The zero-order chi connectivity index (χ0) is 17.6. The minimum Gasteiger partial charge on any atom is -0.381 e. The lowest BCUT2D eigenvalue weighted by atomic mass is 10.1. The first-order valence-corrected chi connectivity index (χ1v) is 9.36. The van der Waals surface area contributed by atoms with Crippen LogP contribution in [0.5, 0.6) is 0 Å². The van der Waals surface area contributed by atoms with Gasteiger partial charge in [0, 0.05) is 62.9 Å². The molecule has 0 saturated carbocycles. The van der Waals surface area contributed by atoms with Gasteiger partial charge in [0.05, 0.1) is 0 Å². The summed E-state index contributed by atoms with van der Waals surface area (Å²) in [6.45, 7) is 10.3. The van der Waals surface area contributed by atoms with Crippen LogP contribution in [0.3, 0.4) is 0 Å². The Labute approximate surface area is 150 Å². The highest BCUT2D eigenvalue weighted by Crippen LogP contribution is 2.20. The monoisotopic (exact) mass is 346 g/mol. The molecule has 2 fully saturated rings. The van der Waals surface area contributed by atoms with Crippen LogP contribution in [0.15, 0.2) is 24.3 Å². The summed E-state index contributed by atoms with van der Waals surface area (Å²) in [4.78, 5) is 17.0. The number of anilines is 2. The first-order chi connectivity index (χ1) is 12.1. The van der Waals surface area contributed by atoms with Crippen LogP contribution < -0.4 is 15.5 Å². The van der Waals surface area contributed by atoms with E-state index in [1.165, 1.54) is 5.69 Å². The highest BCUT2D eigenvalue weighted by Gasteiger charge is 2.19. The van der Waals surface area contributed by atoms with Gasteiger partial charge in [0.1, 0.15) is 0 Å². The highest BCUT2D eigenvalue weighted by molar-refractivity contribution is 5.89. The van der Waals surface area contributed by atoms with Gasteiger partial charge in [0.25, 0.3) is 0 Å². The van der Waals surface area contributed by atoms with E-state index >= 15 is 0 Å². The van der Waals surface area contributed by atoms with Crippen LogP contribution >= 0.6 is 0 Å². The van der Waals surface area contributed by atoms with Crippen molar-refractivity contribution in [3.8, 4) is 0 Å². The van der Waals surface area contributed by atoms with E-state index in [0.717, 1.165) is 57.9 Å². The first-order valence-electron chi connectivity index (χ1n) is 9.36. The quantitative estimate of drug-likeness (QED) is 0.880. The molecule has 138 valence electrons. The molecule has 2 heterocycles. The largest absolute Gasteiger partial charge is 0.381 e. The van der Waals surface area contributed by atoms with E-state index in [-0.39, 0.29) is 12.1 Å². The Morgan fingerprint density at radius 3 is 2.32 bits per heavy atom. The summed E-state index contributed by atoms with van der Waals surface area (Å²) in [7, 11) is 0. The fourth-order valence-corrected chi connectivity index (χ4v) is 3.45. The SMILES string of the molecule is CC(C)N1CCN(c2ccc(NC(=O)NC3CCOCC3)cc2)CC1. The van der Waals surface area contributed by atoms with Crippen LogP contribution in [0.4, 0.5) is 16.2 Å². The van der Waals surface area contributed by atoms with Crippen LogP contribution in [0.25, 0.3) is 0 Å². The molecule has 0 unspecified atom stereocenters. The number of hydrogen-bond donors (Lipinski definition) is 2. The molecule has 0 spiro atoms. The van der Waals surface area contributed by atoms with Crippen molar-refractivity contribution in [2.24, 2.45) is 0 Å². The van der Waals surface area contributed by atoms with Gasteiger partial charge in [-0.15, -0.1) is 0 Å². The molecule has 2 aliphatic heterocycles. The van der Waals surface area contributed by atoms with Gasteiger partial charge in [0.15, 0.2) is 0 Å². The summed E-state index contributed by atoms with van der Waals surface area (Å²) in [5.41, 5.74) is 2.05. The normalized spacial score (nSPS) is 19.9. The Morgan fingerprint density at radius 1 is 1.08 bits per heavy atom. The molecular weight excluding hydrogens is 316 g/mol. The Bertz CT molecular complexity index is 547. The molecule has 2 aliphatic rings. The zero-order valence-corrected chi connectivity index (χ0v) is 15.3. The molecule has 2 saturated heterocycles. The molecule has 0 radical (unpaired) electrons. The van der Waals surface area contributed by atoms with Gasteiger partial charge in [0.2, 0.25) is 0 Å². The molecule has 1 aromatic rings. The van der Waals surface area contributed by atoms with Gasteiger partial charge in [-0.3, -0.25) is 4.90 Å². The summed E-state index contributed by atoms with van der Waals surface area (Å²) < 4.78 is 5.31. The molecule has 0 aromatic heterocycles. The third-order valence-electron chi connectivity index (χ3n) is 5.09. The number of urea groups is 1. The molecule has 2 amide bonds. The smallest absolute Gasteiger partial charge is 0.319 e. The van der Waals surface area contributed by atoms with E-state index in [2.05, 4.69) is 46.4 Å². The van der Waals surface area contributed by atoms with Crippen molar-refractivity contribution in [2.75, 3.05) is 49.6 Å². The number of nitrogens with zero attached hydrogens (tertiary/aromatic N) is 2. The van der Waals surface area contributed by atoms with Gasteiger partial charge < -0.3 is 20.3 Å². The van der Waals surface area contributed by atoms with Crippen molar-refractivity contribution in [1.82, 2.24) is 10.2 Å². The van der Waals surface area contributed by atoms with Crippen LogP contribution in [0, 0.1) is 0 Å². The molecular formula is C19H30N4O2. The number of benzene rings is 1. The molecule has 0 bridgehead atoms.